The fourth-order valence-corrected chi connectivity index (χ4v) is 1.68. The second kappa shape index (κ2) is 3.33. The Hall–Kier alpha value is -1.51. The van der Waals surface area contributed by atoms with Crippen LogP contribution in [-0.4, -0.2) is 12.6 Å². The molecule has 0 radical (unpaired) electrons. The van der Waals surface area contributed by atoms with Crippen LogP contribution in [0.2, 0.25) is 0 Å². The molecule has 14 heavy (non-hydrogen) atoms. The van der Waals surface area contributed by atoms with Gasteiger partial charge in [-0.3, -0.25) is 0 Å². The van der Waals surface area contributed by atoms with Crippen LogP contribution in [0.3, 0.4) is 0 Å². The molecule has 0 bridgehead atoms. The minimum Gasteiger partial charge on any atom is -0.439 e. The third-order valence-electron chi connectivity index (χ3n) is 2.67. The number of aryl methyl sites for hydroxylation is 1. The van der Waals surface area contributed by atoms with Gasteiger partial charge in [-0.1, -0.05) is 18.2 Å². The van der Waals surface area contributed by atoms with Crippen molar-refractivity contribution in [2.45, 2.75) is 20.0 Å². The van der Waals surface area contributed by atoms with E-state index in [2.05, 4.69) is 25.2 Å². The van der Waals surface area contributed by atoms with Gasteiger partial charge in [0.2, 0.25) is 0 Å². The van der Waals surface area contributed by atoms with Crippen molar-refractivity contribution in [1.29, 1.82) is 0 Å². The zero-order valence-electron chi connectivity index (χ0n) is 8.33. The maximum absolute atomic E-state index is 10.9. The summed E-state index contributed by atoms with van der Waals surface area (Å²) in [7, 11) is 0. The Morgan fingerprint density at radius 2 is 2.21 bits per heavy atom. The minimum absolute atomic E-state index is 0.123. The highest BCUT2D eigenvalue weighted by molar-refractivity contribution is 5.69. The first-order valence-electron chi connectivity index (χ1n) is 4.69. The van der Waals surface area contributed by atoms with Gasteiger partial charge in [-0.05, 0) is 30.5 Å². The van der Waals surface area contributed by atoms with Gasteiger partial charge < -0.3 is 10.1 Å². The fraction of sp³-hybridized carbons (Fsp3) is 0.364. The van der Waals surface area contributed by atoms with Crippen molar-refractivity contribution < 1.29 is 9.53 Å². The summed E-state index contributed by atoms with van der Waals surface area (Å²) >= 11 is 0. The van der Waals surface area contributed by atoms with E-state index in [9.17, 15) is 4.79 Å². The van der Waals surface area contributed by atoms with E-state index in [0.29, 0.717) is 6.54 Å². The van der Waals surface area contributed by atoms with E-state index in [1.165, 1.54) is 11.1 Å². The van der Waals surface area contributed by atoms with Gasteiger partial charge in [-0.2, -0.15) is 0 Å². The predicted molar refractivity (Wildman–Crippen MR) is 53.1 cm³/mol. The molecule has 2 rings (SSSR count). The van der Waals surface area contributed by atoms with Gasteiger partial charge in [-0.15, -0.1) is 0 Å². The summed E-state index contributed by atoms with van der Waals surface area (Å²) in [5, 5.41) is 2.65. The van der Waals surface area contributed by atoms with E-state index in [-0.39, 0.29) is 12.2 Å². The number of hydrogen-bond acceptors (Lipinski definition) is 2. The maximum Gasteiger partial charge on any atom is 0.407 e. The molecule has 1 atom stereocenters. The molecule has 0 saturated carbocycles. The van der Waals surface area contributed by atoms with Crippen LogP contribution in [0.1, 0.15) is 22.8 Å². The first kappa shape index (κ1) is 9.06. The normalized spacial score (nSPS) is 20.4. The van der Waals surface area contributed by atoms with Crippen molar-refractivity contribution in [2.24, 2.45) is 0 Å². The number of alkyl carbamates (subject to hydrolysis) is 1. The molecule has 1 aromatic carbocycles. The zero-order valence-corrected chi connectivity index (χ0v) is 8.33. The molecule has 1 N–H and O–H groups in total. The number of hydrogen-bond donors (Lipinski definition) is 1. The first-order chi connectivity index (χ1) is 6.68. The molecule has 1 aliphatic heterocycles. The fourth-order valence-electron chi connectivity index (χ4n) is 1.68. The average molecular weight is 191 g/mol. The van der Waals surface area contributed by atoms with Crippen molar-refractivity contribution in [2.75, 3.05) is 6.54 Å². The van der Waals surface area contributed by atoms with Gasteiger partial charge in [0, 0.05) is 0 Å². The van der Waals surface area contributed by atoms with Crippen LogP contribution in [0.5, 0.6) is 0 Å². The van der Waals surface area contributed by atoms with E-state index < -0.39 is 0 Å². The van der Waals surface area contributed by atoms with Crippen LogP contribution < -0.4 is 5.32 Å². The minimum atomic E-state index is -0.323. The van der Waals surface area contributed by atoms with Crippen LogP contribution >= 0.6 is 0 Å². The van der Waals surface area contributed by atoms with Crippen LogP contribution in [0.15, 0.2) is 18.2 Å². The summed E-state index contributed by atoms with van der Waals surface area (Å²) in [5.74, 6) is 0. The average Bonchev–Trinajstić information content (AvgIpc) is 2.57. The van der Waals surface area contributed by atoms with Crippen molar-refractivity contribution in [3.8, 4) is 0 Å². The molecule has 3 heteroatoms. The Morgan fingerprint density at radius 3 is 2.86 bits per heavy atom. The lowest BCUT2D eigenvalue weighted by atomic mass is 9.99. The van der Waals surface area contributed by atoms with Crippen LogP contribution in [0.25, 0.3) is 0 Å². The topological polar surface area (TPSA) is 38.3 Å². The van der Waals surface area contributed by atoms with Crippen LogP contribution in [0.4, 0.5) is 4.79 Å². The number of ether oxygens (including phenoxy) is 1. The number of nitrogens with one attached hydrogen (secondary N) is 1. The molecule has 0 aliphatic carbocycles. The lowest BCUT2D eigenvalue weighted by Gasteiger charge is -2.12. The molecule has 1 amide bonds. The maximum atomic E-state index is 10.9. The molecule has 3 nitrogen and oxygen atoms in total. The lowest BCUT2D eigenvalue weighted by Crippen LogP contribution is -2.12. The molecular formula is C11H13NO2. The molecular weight excluding hydrogens is 178 g/mol. The molecule has 1 fully saturated rings. The Labute approximate surface area is 83.1 Å². The first-order valence-corrected chi connectivity index (χ1v) is 4.69. The van der Waals surface area contributed by atoms with Crippen molar-refractivity contribution in [3.05, 3.63) is 34.9 Å². The van der Waals surface area contributed by atoms with Gasteiger partial charge in [0.25, 0.3) is 0 Å². The lowest BCUT2D eigenvalue weighted by molar-refractivity contribution is 0.141. The largest absolute Gasteiger partial charge is 0.439 e. The highest BCUT2D eigenvalue weighted by Gasteiger charge is 2.25. The number of carbonyl (C=O) groups is 1. The summed E-state index contributed by atoms with van der Waals surface area (Å²) < 4.78 is 5.13. The monoisotopic (exact) mass is 191 g/mol. The third kappa shape index (κ3) is 1.45. The predicted octanol–water partition coefficient (Wildman–Crippen LogP) is 2.08. The summed E-state index contributed by atoms with van der Waals surface area (Å²) in [6.45, 7) is 4.68. The van der Waals surface area contributed by atoms with E-state index >= 15 is 0 Å². The van der Waals surface area contributed by atoms with Crippen molar-refractivity contribution in [3.63, 3.8) is 0 Å². The second-order valence-electron chi connectivity index (χ2n) is 3.56. The van der Waals surface area contributed by atoms with E-state index in [0.717, 1.165) is 5.56 Å². The Kier molecular flexibility index (Phi) is 2.15. The number of carbonyl (C=O) groups excluding carboxylic acids is 1. The van der Waals surface area contributed by atoms with Gasteiger partial charge in [0.1, 0.15) is 6.10 Å². The Balaban J connectivity index is 2.32. The SMILES string of the molecule is Cc1cccc(C2CNC(=O)O2)c1C. The Morgan fingerprint density at radius 1 is 1.43 bits per heavy atom. The van der Waals surface area contributed by atoms with Crippen LogP contribution in [0, 0.1) is 13.8 Å². The number of amides is 1. The molecule has 1 saturated heterocycles. The zero-order chi connectivity index (χ0) is 10.1. The molecule has 0 aromatic heterocycles. The van der Waals surface area contributed by atoms with Crippen LogP contribution in [-0.2, 0) is 4.74 Å². The third-order valence-corrected chi connectivity index (χ3v) is 2.67. The van der Waals surface area contributed by atoms with Gasteiger partial charge >= 0.3 is 6.09 Å². The second-order valence-corrected chi connectivity index (χ2v) is 3.56. The summed E-state index contributed by atoms with van der Waals surface area (Å²) in [5.41, 5.74) is 3.53. The number of rotatable bonds is 1. The van der Waals surface area contributed by atoms with E-state index in [1.54, 1.807) is 0 Å². The Bertz CT molecular complexity index is 374. The van der Waals surface area contributed by atoms with Crippen molar-refractivity contribution in [1.82, 2.24) is 5.32 Å². The van der Waals surface area contributed by atoms with Gasteiger partial charge in [-0.25, -0.2) is 4.79 Å². The van der Waals surface area contributed by atoms with E-state index in [1.807, 2.05) is 12.1 Å². The molecule has 74 valence electrons. The molecule has 1 aliphatic rings. The quantitative estimate of drug-likeness (QED) is 0.738. The van der Waals surface area contributed by atoms with Crippen molar-refractivity contribution >= 4 is 6.09 Å². The summed E-state index contributed by atoms with van der Waals surface area (Å²) in [6, 6.07) is 6.06. The highest BCUT2D eigenvalue weighted by Crippen LogP contribution is 2.25. The molecule has 1 heterocycles. The summed E-state index contributed by atoms with van der Waals surface area (Å²) in [6.07, 6.45) is -0.446. The highest BCUT2D eigenvalue weighted by atomic mass is 16.6. The molecule has 1 aromatic rings. The smallest absolute Gasteiger partial charge is 0.407 e. The van der Waals surface area contributed by atoms with E-state index in [4.69, 9.17) is 4.74 Å². The summed E-state index contributed by atoms with van der Waals surface area (Å²) in [4.78, 5) is 10.9. The number of cyclic esters (lactones) is 1. The standard InChI is InChI=1S/C11H13NO2/c1-7-4-3-5-9(8(7)2)10-6-12-11(13)14-10/h3-5,10H,6H2,1-2H3,(H,12,13). The number of benzene rings is 1. The molecule has 1 unspecified atom stereocenters. The van der Waals surface area contributed by atoms with Gasteiger partial charge in [0.05, 0.1) is 6.54 Å². The van der Waals surface area contributed by atoms with Gasteiger partial charge in [0.15, 0.2) is 0 Å². The molecule has 0 spiro atoms.